The smallest absolute Gasteiger partial charge is 0.256 e. The topological polar surface area (TPSA) is 38.3 Å². The normalized spacial score (nSPS) is 15.0. The maximum absolute atomic E-state index is 12.3. The van der Waals surface area contributed by atoms with Crippen molar-refractivity contribution < 1.29 is 9.53 Å². The molecule has 4 heteroatoms. The molecule has 1 aliphatic heterocycles. The predicted octanol–water partition coefficient (Wildman–Crippen LogP) is 4.96. The van der Waals surface area contributed by atoms with Gasteiger partial charge in [-0.1, -0.05) is 31.5 Å². The highest BCUT2D eigenvalue weighted by molar-refractivity contribution is 6.36. The average Bonchev–Trinajstić information content (AvgIpc) is 2.83. The van der Waals surface area contributed by atoms with Crippen molar-refractivity contribution in [3.63, 3.8) is 0 Å². The van der Waals surface area contributed by atoms with Gasteiger partial charge in [-0.15, -0.1) is 0 Å². The maximum atomic E-state index is 12.3. The monoisotopic (exact) mass is 327 g/mol. The molecule has 1 aliphatic rings. The molecule has 2 aromatic rings. The third-order valence-corrected chi connectivity index (χ3v) is 4.22. The van der Waals surface area contributed by atoms with Crippen LogP contribution in [0.15, 0.2) is 36.4 Å². The molecule has 2 aromatic carbocycles. The van der Waals surface area contributed by atoms with E-state index in [0.29, 0.717) is 16.5 Å². The maximum Gasteiger partial charge on any atom is 0.256 e. The lowest BCUT2D eigenvalue weighted by Crippen LogP contribution is -2.03. The third kappa shape index (κ3) is 2.97. The quantitative estimate of drug-likeness (QED) is 0.809. The van der Waals surface area contributed by atoms with Crippen LogP contribution in [-0.4, -0.2) is 13.0 Å². The Hall–Kier alpha value is -2.26. The van der Waals surface area contributed by atoms with E-state index >= 15 is 0 Å². The van der Waals surface area contributed by atoms with Gasteiger partial charge in [-0.3, -0.25) is 4.79 Å². The molecule has 3 nitrogen and oxygen atoms in total. The highest BCUT2D eigenvalue weighted by atomic mass is 35.5. The Morgan fingerprint density at radius 2 is 1.96 bits per heavy atom. The van der Waals surface area contributed by atoms with Crippen LogP contribution in [0.5, 0.6) is 5.75 Å². The van der Waals surface area contributed by atoms with E-state index in [2.05, 4.69) is 25.2 Å². The van der Waals surface area contributed by atoms with Crippen LogP contribution < -0.4 is 10.1 Å². The second-order valence-corrected chi connectivity index (χ2v) is 6.29. The minimum absolute atomic E-state index is 0.126. The number of hydrogen-bond acceptors (Lipinski definition) is 2. The molecule has 118 valence electrons. The van der Waals surface area contributed by atoms with Crippen LogP contribution in [0.25, 0.3) is 11.6 Å². The Morgan fingerprint density at radius 1 is 1.17 bits per heavy atom. The number of nitrogens with one attached hydrogen (secondary N) is 1. The van der Waals surface area contributed by atoms with E-state index in [1.54, 1.807) is 19.2 Å². The summed E-state index contributed by atoms with van der Waals surface area (Å²) in [6.07, 6.45) is 1.86. The lowest BCUT2D eigenvalue weighted by Gasteiger charge is -2.11. The van der Waals surface area contributed by atoms with Gasteiger partial charge >= 0.3 is 0 Å². The van der Waals surface area contributed by atoms with Gasteiger partial charge in [0, 0.05) is 27.4 Å². The first-order chi connectivity index (χ1) is 11.0. The Balaban J connectivity index is 2.14. The molecule has 0 unspecified atom stereocenters. The number of halogens is 1. The molecule has 3 rings (SSSR count). The second-order valence-electron chi connectivity index (χ2n) is 5.86. The largest absolute Gasteiger partial charge is 0.496 e. The molecular formula is C19H18ClNO2. The molecule has 0 saturated heterocycles. The van der Waals surface area contributed by atoms with E-state index < -0.39 is 0 Å². The number of fused-ring (bicyclic) bond motifs is 1. The van der Waals surface area contributed by atoms with Crippen molar-refractivity contribution >= 4 is 34.8 Å². The minimum Gasteiger partial charge on any atom is -0.496 e. The van der Waals surface area contributed by atoms with Gasteiger partial charge < -0.3 is 10.1 Å². The molecule has 1 amide bonds. The molecule has 0 radical (unpaired) electrons. The molecule has 0 atom stereocenters. The third-order valence-electron chi connectivity index (χ3n) is 3.98. The minimum atomic E-state index is -0.126. The number of amides is 1. The zero-order valence-corrected chi connectivity index (χ0v) is 14.1. The van der Waals surface area contributed by atoms with Crippen molar-refractivity contribution in [3.05, 3.63) is 58.1 Å². The summed E-state index contributed by atoms with van der Waals surface area (Å²) in [6.45, 7) is 4.27. The van der Waals surface area contributed by atoms with Gasteiger partial charge in [0.1, 0.15) is 5.75 Å². The van der Waals surface area contributed by atoms with Crippen LogP contribution in [0.3, 0.4) is 0 Å². The summed E-state index contributed by atoms with van der Waals surface area (Å²) < 4.78 is 5.43. The summed E-state index contributed by atoms with van der Waals surface area (Å²) in [6, 6.07) is 11.4. The standard InChI is InChI=1S/C19H18ClNO2/c1-11(2)12-4-7-18(23-3)13(8-12)9-16-15-10-14(20)5-6-17(15)21-19(16)22/h4-11H,1-3H3,(H,21,22)/b16-9+. The number of anilines is 1. The van der Waals surface area contributed by atoms with Crippen molar-refractivity contribution in [1.82, 2.24) is 0 Å². The number of benzene rings is 2. The molecule has 1 heterocycles. The van der Waals surface area contributed by atoms with Crippen molar-refractivity contribution in [2.75, 3.05) is 12.4 Å². The molecule has 0 saturated carbocycles. The van der Waals surface area contributed by atoms with Gasteiger partial charge in [0.05, 0.1) is 7.11 Å². The molecule has 0 aromatic heterocycles. The van der Waals surface area contributed by atoms with E-state index in [1.165, 1.54) is 5.56 Å². The van der Waals surface area contributed by atoms with Crippen LogP contribution in [0, 0.1) is 0 Å². The Kier molecular flexibility index (Phi) is 4.14. The van der Waals surface area contributed by atoms with E-state index in [0.717, 1.165) is 22.6 Å². The number of hydrogen-bond donors (Lipinski definition) is 1. The van der Waals surface area contributed by atoms with Crippen LogP contribution in [0.2, 0.25) is 5.02 Å². The molecular weight excluding hydrogens is 310 g/mol. The molecule has 0 aliphatic carbocycles. The molecule has 0 fully saturated rings. The number of methoxy groups -OCH3 is 1. The average molecular weight is 328 g/mol. The summed E-state index contributed by atoms with van der Waals surface area (Å²) >= 11 is 6.07. The number of ether oxygens (including phenoxy) is 1. The van der Waals surface area contributed by atoms with Crippen LogP contribution >= 0.6 is 11.6 Å². The Labute approximate surface area is 140 Å². The van der Waals surface area contributed by atoms with Crippen molar-refractivity contribution in [2.45, 2.75) is 19.8 Å². The van der Waals surface area contributed by atoms with Crippen molar-refractivity contribution in [2.24, 2.45) is 0 Å². The number of carbonyl (C=O) groups excluding carboxylic acids is 1. The van der Waals surface area contributed by atoms with Crippen molar-refractivity contribution in [1.29, 1.82) is 0 Å². The first kappa shape index (κ1) is 15.6. The fourth-order valence-corrected chi connectivity index (χ4v) is 2.86. The van der Waals surface area contributed by atoms with Crippen molar-refractivity contribution in [3.8, 4) is 5.75 Å². The second kappa shape index (κ2) is 6.09. The lowest BCUT2D eigenvalue weighted by atomic mass is 9.98. The zero-order valence-electron chi connectivity index (χ0n) is 13.3. The van der Waals surface area contributed by atoms with E-state index in [1.807, 2.05) is 24.3 Å². The van der Waals surface area contributed by atoms with E-state index in [4.69, 9.17) is 16.3 Å². The zero-order chi connectivity index (χ0) is 16.6. The number of carbonyl (C=O) groups is 1. The summed E-state index contributed by atoms with van der Waals surface area (Å²) in [5, 5.41) is 3.47. The SMILES string of the molecule is COc1ccc(C(C)C)cc1/C=C1/C(=O)Nc2ccc(Cl)cc21. The van der Waals surface area contributed by atoms with Gasteiger partial charge in [0.2, 0.25) is 0 Å². The van der Waals surface area contributed by atoms with Gasteiger partial charge in [-0.05, 0) is 47.9 Å². The first-order valence-corrected chi connectivity index (χ1v) is 7.88. The predicted molar refractivity (Wildman–Crippen MR) is 95.0 cm³/mol. The summed E-state index contributed by atoms with van der Waals surface area (Å²) in [7, 11) is 1.63. The fraction of sp³-hybridized carbons (Fsp3) is 0.211. The highest BCUT2D eigenvalue weighted by Crippen LogP contribution is 2.36. The summed E-state index contributed by atoms with van der Waals surface area (Å²) in [4.78, 5) is 12.3. The summed E-state index contributed by atoms with van der Waals surface area (Å²) in [5.74, 6) is 1.02. The molecule has 23 heavy (non-hydrogen) atoms. The fourth-order valence-electron chi connectivity index (χ4n) is 2.68. The van der Waals surface area contributed by atoms with Gasteiger partial charge in [-0.25, -0.2) is 0 Å². The Morgan fingerprint density at radius 3 is 2.65 bits per heavy atom. The van der Waals surface area contributed by atoms with Gasteiger partial charge in [0.15, 0.2) is 0 Å². The molecule has 1 N–H and O–H groups in total. The van der Waals surface area contributed by atoms with E-state index in [9.17, 15) is 4.79 Å². The number of rotatable bonds is 3. The Bertz CT molecular complexity index is 809. The van der Waals surface area contributed by atoms with Crippen LogP contribution in [0.4, 0.5) is 5.69 Å². The van der Waals surface area contributed by atoms with Gasteiger partial charge in [0.25, 0.3) is 5.91 Å². The lowest BCUT2D eigenvalue weighted by molar-refractivity contribution is -0.110. The van der Waals surface area contributed by atoms with Gasteiger partial charge in [-0.2, -0.15) is 0 Å². The highest BCUT2D eigenvalue weighted by Gasteiger charge is 2.24. The van der Waals surface area contributed by atoms with Crippen LogP contribution in [-0.2, 0) is 4.79 Å². The molecule has 0 spiro atoms. The van der Waals surface area contributed by atoms with E-state index in [-0.39, 0.29) is 5.91 Å². The first-order valence-electron chi connectivity index (χ1n) is 7.50. The summed E-state index contributed by atoms with van der Waals surface area (Å²) in [5.41, 5.74) is 4.28. The molecule has 0 bridgehead atoms. The van der Waals surface area contributed by atoms with Crippen LogP contribution in [0.1, 0.15) is 36.5 Å².